The smallest absolute Gasteiger partial charge is 0.177 e. The lowest BCUT2D eigenvalue weighted by molar-refractivity contribution is 0.122. The Morgan fingerprint density at radius 1 is 0.933 bits per heavy atom. The summed E-state index contributed by atoms with van der Waals surface area (Å²) >= 11 is 0. The largest absolute Gasteiger partial charge is 0.378 e. The number of morpholine rings is 1. The Hall–Kier alpha value is -3.24. The van der Waals surface area contributed by atoms with Crippen molar-refractivity contribution in [3.05, 3.63) is 55.0 Å². The predicted octanol–water partition coefficient (Wildman–Crippen LogP) is 2.60. The highest BCUT2D eigenvalue weighted by Crippen LogP contribution is 2.25. The first-order chi connectivity index (χ1) is 14.5. The fraction of sp³-hybridized carbons (Fsp3) is 0.250. The minimum absolute atomic E-state index is 0.207. The Labute approximate surface area is 175 Å². The van der Waals surface area contributed by atoms with Gasteiger partial charge in [-0.25, -0.2) is 23.4 Å². The molecule has 3 aromatic rings. The molecule has 30 heavy (non-hydrogen) atoms. The summed E-state index contributed by atoms with van der Waals surface area (Å²) in [5.41, 5.74) is 1.50. The average molecular weight is 427 g/mol. The fourth-order valence-electron chi connectivity index (χ4n) is 3.13. The molecule has 0 aliphatic carbocycles. The first-order valence-corrected chi connectivity index (χ1v) is 11.3. The molecule has 0 bridgehead atoms. The van der Waals surface area contributed by atoms with E-state index in [0.29, 0.717) is 23.1 Å². The third-order valence-corrected chi connectivity index (χ3v) is 5.75. The molecule has 9 nitrogen and oxygen atoms in total. The van der Waals surface area contributed by atoms with Gasteiger partial charge < -0.3 is 20.3 Å². The van der Waals surface area contributed by atoms with E-state index >= 15 is 0 Å². The summed E-state index contributed by atoms with van der Waals surface area (Å²) in [7, 11) is -3.37. The molecule has 0 radical (unpaired) electrons. The number of ether oxygens (including phenoxy) is 1. The lowest BCUT2D eigenvalue weighted by atomic mass is 10.3. The second kappa shape index (κ2) is 8.64. The summed E-state index contributed by atoms with van der Waals surface area (Å²) in [6, 6.07) is 12.3. The van der Waals surface area contributed by atoms with E-state index in [1.807, 2.05) is 18.3 Å². The summed E-state index contributed by atoms with van der Waals surface area (Å²) in [6.07, 6.45) is 4.39. The third kappa shape index (κ3) is 4.84. The van der Waals surface area contributed by atoms with Crippen molar-refractivity contribution in [2.75, 3.05) is 48.1 Å². The number of benzene rings is 1. The number of hydrogen-bond donors (Lipinski definition) is 2. The number of rotatable bonds is 6. The standard InChI is InChI=1S/C20H22N6O3S/c1-30(27,28)17-5-3-2-4-16(17)24-19-12-20(23-14-22-19)25-18-7-6-15(13-21-18)26-8-10-29-11-9-26/h2-7,12-14H,8-11H2,1H3,(H2,21,22,23,24,25). The molecule has 0 amide bonds. The van der Waals surface area contributed by atoms with Gasteiger partial charge in [0.1, 0.15) is 23.8 Å². The number of nitrogens with zero attached hydrogens (tertiary/aromatic N) is 4. The van der Waals surface area contributed by atoms with Gasteiger partial charge in [0, 0.05) is 25.4 Å². The Kier molecular flexibility index (Phi) is 5.77. The van der Waals surface area contributed by atoms with Gasteiger partial charge in [-0.2, -0.15) is 0 Å². The minimum atomic E-state index is -3.37. The second-order valence-electron chi connectivity index (χ2n) is 6.81. The monoisotopic (exact) mass is 426 g/mol. The molecule has 1 aliphatic rings. The molecule has 0 saturated carbocycles. The van der Waals surface area contributed by atoms with E-state index in [-0.39, 0.29) is 4.90 Å². The van der Waals surface area contributed by atoms with E-state index in [1.54, 1.807) is 30.3 Å². The number of hydrogen-bond acceptors (Lipinski definition) is 9. The van der Waals surface area contributed by atoms with Crippen LogP contribution in [0.1, 0.15) is 0 Å². The highest BCUT2D eigenvalue weighted by molar-refractivity contribution is 7.90. The van der Waals surface area contributed by atoms with E-state index in [2.05, 4.69) is 30.5 Å². The number of nitrogens with one attached hydrogen (secondary N) is 2. The van der Waals surface area contributed by atoms with Crippen molar-refractivity contribution in [2.24, 2.45) is 0 Å². The number of aromatic nitrogens is 3. The molecular weight excluding hydrogens is 404 g/mol. The van der Waals surface area contributed by atoms with Crippen molar-refractivity contribution in [3.8, 4) is 0 Å². The molecular formula is C20H22N6O3S. The third-order valence-electron chi connectivity index (χ3n) is 4.60. The van der Waals surface area contributed by atoms with Gasteiger partial charge in [0.25, 0.3) is 0 Å². The minimum Gasteiger partial charge on any atom is -0.378 e. The van der Waals surface area contributed by atoms with Crippen molar-refractivity contribution in [1.82, 2.24) is 15.0 Å². The predicted molar refractivity (Wildman–Crippen MR) is 115 cm³/mol. The van der Waals surface area contributed by atoms with Crippen molar-refractivity contribution in [2.45, 2.75) is 4.90 Å². The van der Waals surface area contributed by atoms with Gasteiger partial charge in [-0.05, 0) is 24.3 Å². The molecule has 1 aromatic carbocycles. The first-order valence-electron chi connectivity index (χ1n) is 9.43. The summed E-state index contributed by atoms with van der Waals surface area (Å²) in [5, 5.41) is 6.19. The quantitative estimate of drug-likeness (QED) is 0.614. The molecule has 1 saturated heterocycles. The Balaban J connectivity index is 1.48. The van der Waals surface area contributed by atoms with Crippen LogP contribution in [-0.4, -0.2) is 55.9 Å². The first kappa shape index (κ1) is 20.0. The topological polar surface area (TPSA) is 109 Å². The average Bonchev–Trinajstić information content (AvgIpc) is 2.75. The molecule has 2 aromatic heterocycles. The summed E-state index contributed by atoms with van der Waals surface area (Å²) in [4.78, 5) is 15.3. The zero-order chi connectivity index (χ0) is 21.0. The summed E-state index contributed by atoms with van der Waals surface area (Å²) < 4.78 is 29.4. The van der Waals surface area contributed by atoms with Gasteiger partial charge in [-0.1, -0.05) is 12.1 Å². The van der Waals surface area contributed by atoms with Gasteiger partial charge >= 0.3 is 0 Å². The van der Waals surface area contributed by atoms with Gasteiger partial charge in [0.2, 0.25) is 0 Å². The zero-order valence-electron chi connectivity index (χ0n) is 16.4. The molecule has 0 unspecified atom stereocenters. The van der Waals surface area contributed by atoms with E-state index in [1.165, 1.54) is 12.6 Å². The lowest BCUT2D eigenvalue weighted by Crippen LogP contribution is -2.36. The van der Waals surface area contributed by atoms with Crippen molar-refractivity contribution >= 4 is 38.7 Å². The molecule has 0 spiro atoms. The highest BCUT2D eigenvalue weighted by Gasteiger charge is 2.14. The van der Waals surface area contributed by atoms with Crippen molar-refractivity contribution in [3.63, 3.8) is 0 Å². The van der Waals surface area contributed by atoms with Gasteiger partial charge in [0.05, 0.1) is 35.7 Å². The fourth-order valence-corrected chi connectivity index (χ4v) is 3.97. The van der Waals surface area contributed by atoms with Gasteiger partial charge in [0.15, 0.2) is 9.84 Å². The highest BCUT2D eigenvalue weighted by atomic mass is 32.2. The summed E-state index contributed by atoms with van der Waals surface area (Å²) in [5.74, 6) is 1.65. The maximum Gasteiger partial charge on any atom is 0.177 e. The van der Waals surface area contributed by atoms with Crippen LogP contribution in [0.2, 0.25) is 0 Å². The molecule has 2 N–H and O–H groups in total. The SMILES string of the molecule is CS(=O)(=O)c1ccccc1Nc1cc(Nc2ccc(N3CCOCC3)cn2)ncn1. The van der Waals surface area contributed by atoms with Crippen LogP contribution in [0.15, 0.2) is 59.9 Å². The normalized spacial score (nSPS) is 14.4. The van der Waals surface area contributed by atoms with Gasteiger partial charge in [-0.15, -0.1) is 0 Å². The molecule has 1 fully saturated rings. The number of anilines is 5. The van der Waals surface area contributed by atoms with Crippen LogP contribution < -0.4 is 15.5 Å². The van der Waals surface area contributed by atoms with Crippen LogP contribution in [0.3, 0.4) is 0 Å². The summed E-state index contributed by atoms with van der Waals surface area (Å²) in [6.45, 7) is 3.15. The van der Waals surface area contributed by atoms with E-state index < -0.39 is 9.84 Å². The maximum absolute atomic E-state index is 12.0. The Morgan fingerprint density at radius 3 is 2.37 bits per heavy atom. The van der Waals surface area contributed by atoms with Crippen LogP contribution in [0.5, 0.6) is 0 Å². The number of sulfone groups is 1. The van der Waals surface area contributed by atoms with E-state index in [4.69, 9.17) is 4.74 Å². The molecule has 0 atom stereocenters. The van der Waals surface area contributed by atoms with Crippen LogP contribution in [-0.2, 0) is 14.6 Å². The van der Waals surface area contributed by atoms with Crippen LogP contribution in [0.4, 0.5) is 28.8 Å². The van der Waals surface area contributed by atoms with Gasteiger partial charge in [-0.3, -0.25) is 0 Å². The second-order valence-corrected chi connectivity index (χ2v) is 8.79. The van der Waals surface area contributed by atoms with Crippen molar-refractivity contribution in [1.29, 1.82) is 0 Å². The molecule has 156 valence electrons. The van der Waals surface area contributed by atoms with Crippen LogP contribution in [0, 0.1) is 0 Å². The zero-order valence-corrected chi connectivity index (χ0v) is 17.3. The number of para-hydroxylation sites is 1. The van der Waals surface area contributed by atoms with Crippen LogP contribution in [0.25, 0.3) is 0 Å². The lowest BCUT2D eigenvalue weighted by Gasteiger charge is -2.28. The maximum atomic E-state index is 12.0. The molecule has 4 rings (SSSR count). The number of pyridine rings is 1. The van der Waals surface area contributed by atoms with E-state index in [0.717, 1.165) is 32.0 Å². The molecule has 3 heterocycles. The molecule has 1 aliphatic heterocycles. The Bertz CT molecular complexity index is 1120. The van der Waals surface area contributed by atoms with Crippen molar-refractivity contribution < 1.29 is 13.2 Å². The molecule has 10 heteroatoms. The van der Waals surface area contributed by atoms with Crippen LogP contribution >= 0.6 is 0 Å². The Morgan fingerprint density at radius 2 is 1.67 bits per heavy atom. The van der Waals surface area contributed by atoms with E-state index in [9.17, 15) is 8.42 Å².